The Hall–Kier alpha value is -1.22. The lowest BCUT2D eigenvalue weighted by Gasteiger charge is -2.06. The van der Waals surface area contributed by atoms with Gasteiger partial charge in [-0.05, 0) is 24.1 Å². The molecule has 0 aliphatic heterocycles. The standard InChI is InChI=1S/C12H16ClNO2/c1-2-3-8-16-12(15)14-9-10-4-6-11(13)7-5-10/h4-7H,2-3,8-9H2,1H3,(H,14,15). The van der Waals surface area contributed by atoms with E-state index in [0.29, 0.717) is 18.2 Å². The number of nitrogens with one attached hydrogen (secondary N) is 1. The van der Waals surface area contributed by atoms with Crippen LogP contribution in [-0.4, -0.2) is 12.7 Å². The van der Waals surface area contributed by atoms with Gasteiger partial charge in [0.25, 0.3) is 0 Å². The van der Waals surface area contributed by atoms with E-state index in [9.17, 15) is 4.79 Å². The van der Waals surface area contributed by atoms with E-state index in [0.717, 1.165) is 18.4 Å². The molecule has 16 heavy (non-hydrogen) atoms. The van der Waals surface area contributed by atoms with Crippen molar-refractivity contribution in [3.63, 3.8) is 0 Å². The number of alkyl carbamates (subject to hydrolysis) is 1. The molecular formula is C12H16ClNO2. The smallest absolute Gasteiger partial charge is 0.407 e. The predicted molar refractivity (Wildman–Crippen MR) is 64.5 cm³/mol. The fourth-order valence-electron chi connectivity index (χ4n) is 1.14. The number of amides is 1. The van der Waals surface area contributed by atoms with Gasteiger partial charge in [0.15, 0.2) is 0 Å². The van der Waals surface area contributed by atoms with Gasteiger partial charge in [0.1, 0.15) is 0 Å². The number of hydrogen-bond acceptors (Lipinski definition) is 2. The van der Waals surface area contributed by atoms with Crippen molar-refractivity contribution in [2.24, 2.45) is 0 Å². The molecule has 4 heteroatoms. The highest BCUT2D eigenvalue weighted by molar-refractivity contribution is 6.30. The fraction of sp³-hybridized carbons (Fsp3) is 0.417. The largest absolute Gasteiger partial charge is 0.450 e. The average Bonchev–Trinajstić information content (AvgIpc) is 2.29. The summed E-state index contributed by atoms with van der Waals surface area (Å²) in [6, 6.07) is 7.32. The first kappa shape index (κ1) is 12.8. The van der Waals surface area contributed by atoms with E-state index in [2.05, 4.69) is 12.2 Å². The quantitative estimate of drug-likeness (QED) is 0.803. The van der Waals surface area contributed by atoms with Crippen molar-refractivity contribution in [3.05, 3.63) is 34.9 Å². The molecule has 0 bridgehead atoms. The molecule has 0 radical (unpaired) electrons. The molecule has 0 spiro atoms. The van der Waals surface area contributed by atoms with E-state index in [1.165, 1.54) is 0 Å². The Kier molecular flexibility index (Phi) is 5.72. The monoisotopic (exact) mass is 241 g/mol. The van der Waals surface area contributed by atoms with E-state index < -0.39 is 0 Å². The molecule has 0 aromatic heterocycles. The topological polar surface area (TPSA) is 38.3 Å². The van der Waals surface area contributed by atoms with E-state index in [4.69, 9.17) is 16.3 Å². The first-order valence-electron chi connectivity index (χ1n) is 5.37. The van der Waals surface area contributed by atoms with Gasteiger partial charge in [-0.1, -0.05) is 37.1 Å². The molecule has 0 aliphatic rings. The number of carbonyl (C=O) groups excluding carboxylic acids is 1. The van der Waals surface area contributed by atoms with E-state index >= 15 is 0 Å². The maximum absolute atomic E-state index is 11.2. The molecule has 1 aromatic carbocycles. The summed E-state index contributed by atoms with van der Waals surface area (Å²) < 4.78 is 4.95. The number of rotatable bonds is 5. The second kappa shape index (κ2) is 7.12. The normalized spacial score (nSPS) is 9.88. The van der Waals surface area contributed by atoms with Crippen LogP contribution in [0, 0.1) is 0 Å². The maximum Gasteiger partial charge on any atom is 0.407 e. The Labute approximate surface area is 101 Å². The molecular weight excluding hydrogens is 226 g/mol. The van der Waals surface area contributed by atoms with Crippen LogP contribution in [0.3, 0.4) is 0 Å². The molecule has 0 saturated heterocycles. The number of unbranched alkanes of at least 4 members (excludes halogenated alkanes) is 1. The summed E-state index contributed by atoms with van der Waals surface area (Å²) in [5, 5.41) is 3.36. The van der Waals surface area contributed by atoms with E-state index in [1.807, 2.05) is 12.1 Å². The highest BCUT2D eigenvalue weighted by Crippen LogP contribution is 2.09. The van der Waals surface area contributed by atoms with Gasteiger partial charge >= 0.3 is 6.09 Å². The van der Waals surface area contributed by atoms with Crippen LogP contribution in [0.4, 0.5) is 4.79 Å². The van der Waals surface area contributed by atoms with E-state index in [-0.39, 0.29) is 6.09 Å². The molecule has 0 heterocycles. The Bertz CT molecular complexity index is 324. The van der Waals surface area contributed by atoms with Gasteiger partial charge in [-0.3, -0.25) is 0 Å². The zero-order valence-electron chi connectivity index (χ0n) is 9.33. The second-order valence-electron chi connectivity index (χ2n) is 3.47. The van der Waals surface area contributed by atoms with Gasteiger partial charge in [0, 0.05) is 11.6 Å². The van der Waals surface area contributed by atoms with Gasteiger partial charge in [0.2, 0.25) is 0 Å². The lowest BCUT2D eigenvalue weighted by Crippen LogP contribution is -2.24. The molecule has 0 saturated carbocycles. The highest BCUT2D eigenvalue weighted by atomic mass is 35.5. The third-order valence-corrected chi connectivity index (χ3v) is 2.33. The Morgan fingerprint density at radius 1 is 1.38 bits per heavy atom. The third kappa shape index (κ3) is 5.03. The minimum atomic E-state index is -0.372. The predicted octanol–water partition coefficient (Wildman–Crippen LogP) is 3.37. The summed E-state index contributed by atoms with van der Waals surface area (Å²) in [7, 11) is 0. The van der Waals surface area contributed by atoms with Crippen LogP contribution < -0.4 is 5.32 Å². The minimum Gasteiger partial charge on any atom is -0.450 e. The number of halogens is 1. The molecule has 0 fully saturated rings. The van der Waals surface area contributed by atoms with E-state index in [1.54, 1.807) is 12.1 Å². The third-order valence-electron chi connectivity index (χ3n) is 2.08. The molecule has 1 N–H and O–H groups in total. The summed E-state index contributed by atoms with van der Waals surface area (Å²) in [5.74, 6) is 0. The Morgan fingerprint density at radius 3 is 2.69 bits per heavy atom. The van der Waals surface area contributed by atoms with Crippen molar-refractivity contribution in [2.45, 2.75) is 26.3 Å². The van der Waals surface area contributed by atoms with Crippen LogP contribution in [0.15, 0.2) is 24.3 Å². The zero-order valence-corrected chi connectivity index (χ0v) is 10.1. The van der Waals surface area contributed by atoms with Crippen molar-refractivity contribution >= 4 is 17.7 Å². The summed E-state index contributed by atoms with van der Waals surface area (Å²) in [4.78, 5) is 11.2. The van der Waals surface area contributed by atoms with Crippen molar-refractivity contribution < 1.29 is 9.53 Å². The Balaban J connectivity index is 2.23. The molecule has 1 aromatic rings. The molecule has 3 nitrogen and oxygen atoms in total. The van der Waals surface area contributed by atoms with Crippen molar-refractivity contribution in [2.75, 3.05) is 6.61 Å². The SMILES string of the molecule is CCCCOC(=O)NCc1ccc(Cl)cc1. The summed E-state index contributed by atoms with van der Waals surface area (Å²) >= 11 is 5.75. The molecule has 1 rings (SSSR count). The van der Waals surface area contributed by atoms with Crippen molar-refractivity contribution in [1.82, 2.24) is 5.32 Å². The van der Waals surface area contributed by atoms with Gasteiger partial charge in [-0.15, -0.1) is 0 Å². The van der Waals surface area contributed by atoms with Crippen LogP contribution in [0.5, 0.6) is 0 Å². The van der Waals surface area contributed by atoms with Crippen LogP contribution in [0.25, 0.3) is 0 Å². The molecule has 0 aliphatic carbocycles. The lowest BCUT2D eigenvalue weighted by molar-refractivity contribution is 0.144. The molecule has 0 atom stereocenters. The zero-order chi connectivity index (χ0) is 11.8. The van der Waals surface area contributed by atoms with Crippen LogP contribution in [-0.2, 0) is 11.3 Å². The van der Waals surface area contributed by atoms with Gasteiger partial charge in [-0.2, -0.15) is 0 Å². The Morgan fingerprint density at radius 2 is 2.06 bits per heavy atom. The number of carbonyl (C=O) groups is 1. The summed E-state index contributed by atoms with van der Waals surface area (Å²) in [6.07, 6.45) is 1.54. The number of ether oxygens (including phenoxy) is 1. The average molecular weight is 242 g/mol. The van der Waals surface area contributed by atoms with Gasteiger partial charge < -0.3 is 10.1 Å². The molecule has 0 unspecified atom stereocenters. The van der Waals surface area contributed by atoms with Crippen molar-refractivity contribution in [3.8, 4) is 0 Å². The maximum atomic E-state index is 11.2. The van der Waals surface area contributed by atoms with Gasteiger partial charge in [-0.25, -0.2) is 4.79 Å². The molecule has 88 valence electrons. The summed E-state index contributed by atoms with van der Waals surface area (Å²) in [6.45, 7) is 2.99. The number of benzene rings is 1. The highest BCUT2D eigenvalue weighted by Gasteiger charge is 2.00. The lowest BCUT2D eigenvalue weighted by atomic mass is 10.2. The summed E-state index contributed by atoms with van der Waals surface area (Å²) in [5.41, 5.74) is 0.997. The first-order chi connectivity index (χ1) is 7.72. The molecule has 1 amide bonds. The number of hydrogen-bond donors (Lipinski definition) is 1. The second-order valence-corrected chi connectivity index (χ2v) is 3.91. The van der Waals surface area contributed by atoms with Gasteiger partial charge in [0.05, 0.1) is 6.61 Å². The van der Waals surface area contributed by atoms with Crippen molar-refractivity contribution in [1.29, 1.82) is 0 Å². The van der Waals surface area contributed by atoms with Crippen LogP contribution >= 0.6 is 11.6 Å². The first-order valence-corrected chi connectivity index (χ1v) is 5.75. The minimum absolute atomic E-state index is 0.372. The van der Waals surface area contributed by atoms with Crippen LogP contribution in [0.1, 0.15) is 25.3 Å². The fourth-order valence-corrected chi connectivity index (χ4v) is 1.26. The van der Waals surface area contributed by atoms with Crippen LogP contribution in [0.2, 0.25) is 5.02 Å².